The molecule has 3 heteroatoms. The van der Waals surface area contributed by atoms with Gasteiger partial charge in [0.05, 0.1) is 18.1 Å². The number of allylic oxidation sites excluding steroid dienone is 2. The average Bonchev–Trinajstić information content (AvgIpc) is 2.90. The predicted molar refractivity (Wildman–Crippen MR) is 162 cm³/mol. The molecule has 220 valence electrons. The lowest BCUT2D eigenvalue weighted by molar-refractivity contribution is -0.213. The number of rotatable bonds is 4. The van der Waals surface area contributed by atoms with Gasteiger partial charge < -0.3 is 9.84 Å². The molecule has 5 aliphatic carbocycles. The van der Waals surface area contributed by atoms with Crippen molar-refractivity contribution in [1.29, 1.82) is 0 Å². The Morgan fingerprint density at radius 3 is 2.27 bits per heavy atom. The summed E-state index contributed by atoms with van der Waals surface area (Å²) in [5.74, 6) is 1.14. The van der Waals surface area contributed by atoms with Crippen LogP contribution in [-0.4, -0.2) is 17.2 Å². The minimum Gasteiger partial charge on any atom is -0.481 e. The van der Waals surface area contributed by atoms with Crippen molar-refractivity contribution in [2.45, 2.75) is 125 Å². The van der Waals surface area contributed by atoms with Crippen LogP contribution in [0.4, 0.5) is 0 Å². The zero-order valence-corrected chi connectivity index (χ0v) is 26.3. The lowest BCUT2D eigenvalue weighted by atomic mass is 9.33. The van der Waals surface area contributed by atoms with Gasteiger partial charge in [-0.25, -0.2) is 0 Å². The van der Waals surface area contributed by atoms with Gasteiger partial charge in [0.25, 0.3) is 0 Å². The number of aliphatic carboxylic acids is 1. The summed E-state index contributed by atoms with van der Waals surface area (Å²) in [6, 6.07) is 10.7. The van der Waals surface area contributed by atoms with Gasteiger partial charge in [-0.1, -0.05) is 83.5 Å². The predicted octanol–water partition coefficient (Wildman–Crippen LogP) is 9.46. The third kappa shape index (κ3) is 3.88. The Hall–Kier alpha value is -1.61. The van der Waals surface area contributed by atoms with Crippen LogP contribution in [-0.2, 0) is 16.1 Å². The summed E-state index contributed by atoms with van der Waals surface area (Å²) in [6.07, 6.45) is 14.3. The Labute approximate surface area is 243 Å². The van der Waals surface area contributed by atoms with E-state index in [0.29, 0.717) is 35.9 Å². The van der Waals surface area contributed by atoms with Gasteiger partial charge in [0.1, 0.15) is 0 Å². The van der Waals surface area contributed by atoms with Crippen LogP contribution in [0.1, 0.15) is 118 Å². The van der Waals surface area contributed by atoms with E-state index < -0.39 is 11.4 Å². The third-order valence-corrected chi connectivity index (χ3v) is 14.6. The quantitative estimate of drug-likeness (QED) is 0.383. The zero-order valence-electron chi connectivity index (χ0n) is 26.3. The number of carboxylic acid groups (broad SMARTS) is 1. The largest absolute Gasteiger partial charge is 0.481 e. The van der Waals surface area contributed by atoms with E-state index in [0.717, 1.165) is 32.1 Å². The minimum absolute atomic E-state index is 0.145. The van der Waals surface area contributed by atoms with Crippen LogP contribution >= 0.6 is 0 Å². The van der Waals surface area contributed by atoms with Gasteiger partial charge in [0.15, 0.2) is 0 Å². The van der Waals surface area contributed by atoms with Crippen molar-refractivity contribution < 1.29 is 14.6 Å². The Morgan fingerprint density at radius 1 is 0.875 bits per heavy atom. The van der Waals surface area contributed by atoms with Crippen LogP contribution in [0, 0.1) is 50.2 Å². The first-order valence-electron chi connectivity index (χ1n) is 16.3. The molecule has 0 aliphatic heterocycles. The van der Waals surface area contributed by atoms with Gasteiger partial charge in [0, 0.05) is 0 Å². The fraction of sp³-hybridized carbons (Fsp3) is 0.757. The summed E-state index contributed by atoms with van der Waals surface area (Å²) in [7, 11) is 0. The summed E-state index contributed by atoms with van der Waals surface area (Å²) < 4.78 is 6.69. The molecule has 3 nitrogen and oxygen atoms in total. The molecule has 0 aromatic heterocycles. The third-order valence-electron chi connectivity index (χ3n) is 14.6. The van der Waals surface area contributed by atoms with Crippen LogP contribution in [0.15, 0.2) is 42.0 Å². The van der Waals surface area contributed by atoms with E-state index in [9.17, 15) is 9.90 Å². The molecule has 1 aromatic rings. The van der Waals surface area contributed by atoms with E-state index in [-0.39, 0.29) is 21.7 Å². The number of ether oxygens (including phenoxy) is 1. The lowest BCUT2D eigenvalue weighted by Gasteiger charge is -2.71. The molecule has 0 spiro atoms. The highest BCUT2D eigenvalue weighted by atomic mass is 16.5. The molecule has 4 saturated carbocycles. The van der Waals surface area contributed by atoms with Crippen molar-refractivity contribution in [3.05, 3.63) is 47.5 Å². The fourth-order valence-corrected chi connectivity index (χ4v) is 11.6. The van der Waals surface area contributed by atoms with Crippen LogP contribution in [0.5, 0.6) is 0 Å². The Kier molecular flexibility index (Phi) is 6.55. The molecular weight excluding hydrogens is 492 g/mol. The summed E-state index contributed by atoms with van der Waals surface area (Å²) in [6.45, 7) is 18.1. The Morgan fingerprint density at radius 2 is 1.57 bits per heavy atom. The topological polar surface area (TPSA) is 46.5 Å². The monoisotopic (exact) mass is 546 g/mol. The van der Waals surface area contributed by atoms with E-state index in [4.69, 9.17) is 4.74 Å². The maximum atomic E-state index is 12.4. The molecule has 0 bridgehead atoms. The standard InChI is InChI=1S/C37H54O3/c1-32(2)28-15-18-37(7)29(35(28,5)17-16-30(32)40-24-25-11-9-8-10-12-25)14-13-26-27-23-34(4,31(38)39)20-19-33(27,3)21-22-36(26,37)6/h8-13,27-30H,14-24H2,1-7H3,(H,38,39)/t27-,28?,29?,30?,33+,34-,35-,36+,37+/m0/s1. The normalized spacial score (nSPS) is 47.6. The maximum Gasteiger partial charge on any atom is 0.309 e. The summed E-state index contributed by atoms with van der Waals surface area (Å²) >= 11 is 0. The fourth-order valence-electron chi connectivity index (χ4n) is 11.6. The first kappa shape index (κ1) is 28.5. The van der Waals surface area contributed by atoms with Crippen LogP contribution < -0.4 is 0 Å². The second-order valence-corrected chi connectivity index (χ2v) is 16.7. The highest BCUT2D eigenvalue weighted by Crippen LogP contribution is 2.75. The Bertz CT molecular complexity index is 1190. The van der Waals surface area contributed by atoms with Gasteiger partial charge in [-0.3, -0.25) is 4.79 Å². The molecule has 0 saturated heterocycles. The molecule has 0 amide bonds. The maximum absolute atomic E-state index is 12.4. The summed E-state index contributed by atoms with van der Waals surface area (Å²) in [4.78, 5) is 12.4. The number of hydrogen-bond acceptors (Lipinski definition) is 2. The smallest absolute Gasteiger partial charge is 0.309 e. The number of carboxylic acids is 1. The average molecular weight is 547 g/mol. The highest BCUT2D eigenvalue weighted by Gasteiger charge is 2.68. The van der Waals surface area contributed by atoms with E-state index in [1.54, 1.807) is 5.57 Å². The molecule has 4 fully saturated rings. The van der Waals surface area contributed by atoms with Gasteiger partial charge in [-0.05, 0) is 122 Å². The number of carbonyl (C=O) groups is 1. The molecule has 0 radical (unpaired) electrons. The second kappa shape index (κ2) is 9.19. The van der Waals surface area contributed by atoms with Gasteiger partial charge >= 0.3 is 5.97 Å². The van der Waals surface area contributed by atoms with Gasteiger partial charge in [-0.2, -0.15) is 0 Å². The summed E-state index contributed by atoms with van der Waals surface area (Å²) in [5, 5.41) is 10.2. The minimum atomic E-state index is -0.594. The molecule has 0 heterocycles. The number of benzene rings is 1. The number of fused-ring (bicyclic) bond motifs is 7. The van der Waals surface area contributed by atoms with Crippen molar-refractivity contribution in [1.82, 2.24) is 0 Å². The molecule has 3 unspecified atom stereocenters. The van der Waals surface area contributed by atoms with E-state index in [2.05, 4.69) is 78.0 Å². The second-order valence-electron chi connectivity index (χ2n) is 16.7. The lowest BCUT2D eigenvalue weighted by Crippen LogP contribution is -2.64. The van der Waals surface area contributed by atoms with Crippen molar-refractivity contribution in [2.75, 3.05) is 0 Å². The summed E-state index contributed by atoms with van der Waals surface area (Å²) in [5.41, 5.74) is 3.45. The molecule has 1 N–H and O–H groups in total. The zero-order chi connectivity index (χ0) is 28.8. The first-order valence-corrected chi connectivity index (χ1v) is 16.3. The van der Waals surface area contributed by atoms with Crippen molar-refractivity contribution in [2.24, 2.45) is 50.2 Å². The highest BCUT2D eigenvalue weighted by molar-refractivity contribution is 5.74. The first-order chi connectivity index (χ1) is 18.7. The molecule has 40 heavy (non-hydrogen) atoms. The van der Waals surface area contributed by atoms with Crippen LogP contribution in [0.25, 0.3) is 0 Å². The van der Waals surface area contributed by atoms with Crippen LogP contribution in [0.3, 0.4) is 0 Å². The van der Waals surface area contributed by atoms with E-state index >= 15 is 0 Å². The SMILES string of the molecule is CC1(C)C(OCc2ccccc2)CC[C@@]2(C)C1CC[C@]1(C)C2CC=C2[C@@H]3C[C@@](C)(C(=O)O)CC[C@]3(C)CC[C@]21C. The molecule has 5 aliphatic rings. The van der Waals surface area contributed by atoms with Gasteiger partial charge in [-0.15, -0.1) is 0 Å². The van der Waals surface area contributed by atoms with Gasteiger partial charge in [0.2, 0.25) is 0 Å². The molecule has 1 aromatic carbocycles. The molecular formula is C37H54O3. The van der Waals surface area contributed by atoms with Crippen molar-refractivity contribution >= 4 is 5.97 Å². The molecule has 9 atom stereocenters. The Balaban J connectivity index is 1.30. The van der Waals surface area contributed by atoms with Crippen molar-refractivity contribution in [3.63, 3.8) is 0 Å². The van der Waals surface area contributed by atoms with Crippen molar-refractivity contribution in [3.8, 4) is 0 Å². The molecule has 6 rings (SSSR count). The van der Waals surface area contributed by atoms with Crippen LogP contribution in [0.2, 0.25) is 0 Å². The number of hydrogen-bond donors (Lipinski definition) is 1. The van der Waals surface area contributed by atoms with E-state index in [1.807, 2.05) is 6.92 Å². The van der Waals surface area contributed by atoms with E-state index in [1.165, 1.54) is 37.7 Å².